The summed E-state index contributed by atoms with van der Waals surface area (Å²) in [6, 6.07) is 20.1. The summed E-state index contributed by atoms with van der Waals surface area (Å²) >= 11 is 1.71. The van der Waals surface area contributed by atoms with E-state index < -0.39 is 0 Å². The highest BCUT2D eigenvalue weighted by Crippen LogP contribution is 2.38. The Morgan fingerprint density at radius 1 is 0.857 bits per heavy atom. The molecule has 7 nitrogen and oxygen atoms in total. The predicted molar refractivity (Wildman–Crippen MR) is 140 cm³/mol. The standard InChI is InChI=1S/C27H26N6OS/c34-22-18-19(23-9-6-16-35-23)17-21-25(22)26(29-20-7-2-1-3-8-20)31-27(30-21)33-14-12-32(13-15-33)24-10-4-5-11-28-24/h1-11,16,19H,12-15,17-18H2,(H,29,30,31). The molecule has 1 fully saturated rings. The zero-order valence-electron chi connectivity index (χ0n) is 19.3. The molecular formula is C27H26N6OS. The second kappa shape index (κ2) is 9.46. The predicted octanol–water partition coefficient (Wildman–Crippen LogP) is 4.92. The number of nitrogens with zero attached hydrogens (tertiary/aromatic N) is 5. The molecule has 1 atom stereocenters. The smallest absolute Gasteiger partial charge is 0.227 e. The van der Waals surface area contributed by atoms with Crippen LogP contribution >= 0.6 is 11.3 Å². The van der Waals surface area contributed by atoms with Gasteiger partial charge in [-0.05, 0) is 42.1 Å². The van der Waals surface area contributed by atoms with Crippen molar-refractivity contribution in [3.05, 3.63) is 88.4 Å². The van der Waals surface area contributed by atoms with Gasteiger partial charge in [-0.15, -0.1) is 11.3 Å². The first kappa shape index (κ1) is 21.7. The average molecular weight is 483 g/mol. The largest absolute Gasteiger partial charge is 0.353 e. The number of nitrogens with one attached hydrogen (secondary N) is 1. The number of hydrogen-bond acceptors (Lipinski definition) is 8. The minimum atomic E-state index is 0.106. The molecule has 176 valence electrons. The Bertz CT molecular complexity index is 1300. The maximum absolute atomic E-state index is 13.3. The Morgan fingerprint density at radius 3 is 2.40 bits per heavy atom. The minimum Gasteiger partial charge on any atom is -0.353 e. The summed E-state index contributed by atoms with van der Waals surface area (Å²) < 4.78 is 0. The van der Waals surface area contributed by atoms with E-state index in [0.29, 0.717) is 23.8 Å². The fourth-order valence-corrected chi connectivity index (χ4v) is 5.69. The number of carbonyl (C=O) groups excluding carboxylic acids is 1. The number of thiophene rings is 1. The average Bonchev–Trinajstić information content (AvgIpc) is 3.45. The number of anilines is 4. The molecular weight excluding hydrogens is 456 g/mol. The number of aromatic nitrogens is 3. The van der Waals surface area contributed by atoms with Gasteiger partial charge < -0.3 is 15.1 Å². The SMILES string of the molecule is O=C1CC(c2cccs2)Cc2nc(N3CCN(c4ccccn4)CC3)nc(Nc3ccccc3)c21. The molecule has 35 heavy (non-hydrogen) atoms. The van der Waals surface area contributed by atoms with E-state index in [-0.39, 0.29) is 11.7 Å². The topological polar surface area (TPSA) is 74.2 Å². The molecule has 0 bridgehead atoms. The molecule has 2 aliphatic rings. The molecule has 1 aliphatic carbocycles. The first-order chi connectivity index (χ1) is 17.2. The molecule has 1 aromatic carbocycles. The molecule has 0 amide bonds. The summed E-state index contributed by atoms with van der Waals surface area (Å²) in [5.41, 5.74) is 2.39. The van der Waals surface area contributed by atoms with Gasteiger partial charge in [-0.25, -0.2) is 9.97 Å². The Labute approximate surface area is 208 Å². The maximum Gasteiger partial charge on any atom is 0.227 e. The Balaban J connectivity index is 1.32. The Morgan fingerprint density at radius 2 is 1.66 bits per heavy atom. The molecule has 1 unspecified atom stereocenters. The van der Waals surface area contributed by atoms with Crippen LogP contribution in [0, 0.1) is 0 Å². The number of benzene rings is 1. The van der Waals surface area contributed by atoms with Crippen molar-refractivity contribution >= 4 is 40.4 Å². The molecule has 0 saturated carbocycles. The van der Waals surface area contributed by atoms with Crippen LogP contribution in [0.2, 0.25) is 0 Å². The van der Waals surface area contributed by atoms with Gasteiger partial charge in [0.25, 0.3) is 0 Å². The van der Waals surface area contributed by atoms with Crippen LogP contribution in [0.1, 0.15) is 33.3 Å². The lowest BCUT2D eigenvalue weighted by Crippen LogP contribution is -2.47. The van der Waals surface area contributed by atoms with Crippen LogP contribution in [0.15, 0.2) is 72.2 Å². The van der Waals surface area contributed by atoms with Crippen molar-refractivity contribution in [3.63, 3.8) is 0 Å². The minimum absolute atomic E-state index is 0.106. The molecule has 6 rings (SSSR count). The maximum atomic E-state index is 13.3. The molecule has 1 N–H and O–H groups in total. The van der Waals surface area contributed by atoms with Gasteiger partial charge >= 0.3 is 0 Å². The number of hydrogen-bond donors (Lipinski definition) is 1. The summed E-state index contributed by atoms with van der Waals surface area (Å²) in [5.74, 6) is 2.56. The van der Waals surface area contributed by atoms with Crippen LogP contribution in [0.3, 0.4) is 0 Å². The van der Waals surface area contributed by atoms with Gasteiger partial charge in [0, 0.05) is 55.3 Å². The zero-order chi connectivity index (χ0) is 23.6. The molecule has 4 heterocycles. The lowest BCUT2D eigenvalue weighted by Gasteiger charge is -2.36. The van der Waals surface area contributed by atoms with Crippen LogP contribution in [0.5, 0.6) is 0 Å². The normalized spacial score (nSPS) is 17.8. The highest BCUT2D eigenvalue weighted by molar-refractivity contribution is 7.10. The van der Waals surface area contributed by atoms with Crippen molar-refractivity contribution < 1.29 is 4.79 Å². The van der Waals surface area contributed by atoms with Gasteiger partial charge in [0.2, 0.25) is 5.95 Å². The van der Waals surface area contributed by atoms with Gasteiger partial charge in [0.15, 0.2) is 5.78 Å². The third kappa shape index (κ3) is 4.49. The molecule has 4 aromatic rings. The van der Waals surface area contributed by atoms with Gasteiger partial charge in [-0.3, -0.25) is 4.79 Å². The van der Waals surface area contributed by atoms with Crippen molar-refractivity contribution in [1.29, 1.82) is 0 Å². The van der Waals surface area contributed by atoms with Crippen LogP contribution in [-0.4, -0.2) is 46.9 Å². The number of para-hydroxylation sites is 1. The summed E-state index contributed by atoms with van der Waals surface area (Å²) in [6.45, 7) is 3.27. The third-order valence-corrected chi connectivity index (χ3v) is 7.68. The lowest BCUT2D eigenvalue weighted by atomic mass is 9.85. The first-order valence-corrected chi connectivity index (χ1v) is 12.8. The Hall–Kier alpha value is -3.78. The number of rotatable bonds is 5. The quantitative estimate of drug-likeness (QED) is 0.433. The van der Waals surface area contributed by atoms with Gasteiger partial charge in [0.05, 0.1) is 11.3 Å². The number of pyridine rings is 1. The number of Topliss-reactive ketones (excluding diaryl/α,β-unsaturated/α-hetero) is 1. The van der Waals surface area contributed by atoms with Crippen molar-refractivity contribution in [2.75, 3.05) is 41.3 Å². The lowest BCUT2D eigenvalue weighted by molar-refractivity contribution is 0.0964. The summed E-state index contributed by atoms with van der Waals surface area (Å²) in [5, 5.41) is 5.48. The third-order valence-electron chi connectivity index (χ3n) is 6.64. The van der Waals surface area contributed by atoms with Crippen LogP contribution < -0.4 is 15.1 Å². The Kier molecular flexibility index (Phi) is 5.88. The summed E-state index contributed by atoms with van der Waals surface area (Å²) in [4.78, 5) is 33.4. The second-order valence-electron chi connectivity index (χ2n) is 8.89. The van der Waals surface area contributed by atoms with Gasteiger partial charge in [-0.2, -0.15) is 4.98 Å². The first-order valence-electron chi connectivity index (χ1n) is 11.9. The fraction of sp³-hybridized carbons (Fsp3) is 0.259. The number of carbonyl (C=O) groups is 1. The van der Waals surface area contributed by atoms with Crippen LogP contribution in [0.25, 0.3) is 0 Å². The van der Waals surface area contributed by atoms with Crippen molar-refractivity contribution in [3.8, 4) is 0 Å². The number of piperazine rings is 1. The van der Waals surface area contributed by atoms with Gasteiger partial charge in [-0.1, -0.05) is 30.3 Å². The number of ketones is 1. The van der Waals surface area contributed by atoms with E-state index in [1.165, 1.54) is 4.88 Å². The highest BCUT2D eigenvalue weighted by atomic mass is 32.1. The number of fused-ring (bicyclic) bond motifs is 1. The van der Waals surface area contributed by atoms with Gasteiger partial charge in [0.1, 0.15) is 11.6 Å². The van der Waals surface area contributed by atoms with E-state index in [0.717, 1.165) is 49.8 Å². The monoisotopic (exact) mass is 482 g/mol. The molecule has 3 aromatic heterocycles. The van der Waals surface area contributed by atoms with E-state index in [2.05, 4.69) is 37.6 Å². The second-order valence-corrected chi connectivity index (χ2v) is 9.87. The fourth-order valence-electron chi connectivity index (χ4n) is 4.86. The summed E-state index contributed by atoms with van der Waals surface area (Å²) in [7, 11) is 0. The van der Waals surface area contributed by atoms with E-state index >= 15 is 0 Å². The van der Waals surface area contributed by atoms with Crippen molar-refractivity contribution in [1.82, 2.24) is 15.0 Å². The molecule has 8 heteroatoms. The summed E-state index contributed by atoms with van der Waals surface area (Å²) in [6.07, 6.45) is 3.06. The molecule has 0 radical (unpaired) electrons. The van der Waals surface area contributed by atoms with Crippen LogP contribution in [0.4, 0.5) is 23.3 Å². The van der Waals surface area contributed by atoms with E-state index in [9.17, 15) is 4.79 Å². The zero-order valence-corrected chi connectivity index (χ0v) is 20.1. The van der Waals surface area contributed by atoms with Crippen molar-refractivity contribution in [2.45, 2.75) is 18.8 Å². The van der Waals surface area contributed by atoms with Crippen LogP contribution in [-0.2, 0) is 6.42 Å². The van der Waals surface area contributed by atoms with E-state index in [1.54, 1.807) is 11.3 Å². The molecule has 1 saturated heterocycles. The highest BCUT2D eigenvalue weighted by Gasteiger charge is 2.33. The molecule has 0 spiro atoms. The van der Waals surface area contributed by atoms with E-state index in [1.807, 2.05) is 54.7 Å². The van der Waals surface area contributed by atoms with E-state index in [4.69, 9.17) is 9.97 Å². The molecule has 1 aliphatic heterocycles. The van der Waals surface area contributed by atoms with Crippen molar-refractivity contribution in [2.24, 2.45) is 0 Å².